The van der Waals surface area contributed by atoms with Gasteiger partial charge in [-0.05, 0) is 42.5 Å². The Morgan fingerprint density at radius 3 is 2.48 bits per heavy atom. The van der Waals surface area contributed by atoms with Crippen molar-refractivity contribution in [2.75, 3.05) is 26.8 Å². The summed E-state index contributed by atoms with van der Waals surface area (Å²) in [4.78, 5) is 4.39. The molecular weight excluding hydrogens is 358 g/mol. The van der Waals surface area contributed by atoms with Crippen LogP contribution in [-0.2, 0) is 16.7 Å². The molecule has 1 saturated heterocycles. The van der Waals surface area contributed by atoms with E-state index >= 15 is 0 Å². The Morgan fingerprint density at radius 1 is 1.07 bits per heavy atom. The van der Waals surface area contributed by atoms with Crippen molar-refractivity contribution in [1.29, 1.82) is 0 Å². The molecule has 1 aliphatic rings. The third-order valence-electron chi connectivity index (χ3n) is 5.42. The number of ether oxygens (including phenoxy) is 1. The lowest BCUT2D eigenvalue weighted by Crippen LogP contribution is -2.48. The minimum atomic E-state index is -0.0448. The summed E-state index contributed by atoms with van der Waals surface area (Å²) in [5.74, 6) is 0.802. The second-order valence-corrected chi connectivity index (χ2v) is 7.49. The maximum absolute atomic E-state index is 6.54. The molecular formula is C22H28ClN3O. The molecule has 144 valence electrons. The zero-order valence-corrected chi connectivity index (χ0v) is 16.9. The number of hydrogen-bond donors (Lipinski definition) is 2. The molecule has 2 N–H and O–H groups in total. The standard InChI is InChI=1S/C22H28ClN3O/c1-17-7-3-4-8-18(17)15-25-21(24-2)26-16-22(11-13-27-14-12-22)19-9-5-6-10-20(19)23/h3-10H,11-16H2,1-2H3,(H2,24,25,26). The Hall–Kier alpha value is -2.04. The van der Waals surface area contributed by atoms with Crippen LogP contribution in [0.15, 0.2) is 53.5 Å². The average molecular weight is 386 g/mol. The monoisotopic (exact) mass is 385 g/mol. The summed E-state index contributed by atoms with van der Waals surface area (Å²) in [6.45, 7) is 5.15. The first-order chi connectivity index (χ1) is 13.1. The summed E-state index contributed by atoms with van der Waals surface area (Å²) in [5, 5.41) is 7.77. The Bertz CT molecular complexity index is 785. The van der Waals surface area contributed by atoms with E-state index in [0.29, 0.717) is 0 Å². The van der Waals surface area contributed by atoms with Gasteiger partial charge in [-0.2, -0.15) is 0 Å². The van der Waals surface area contributed by atoms with Crippen LogP contribution in [0.3, 0.4) is 0 Å². The SMILES string of the molecule is CN=C(NCc1ccccc1C)NCC1(c2ccccc2Cl)CCOCC1. The number of benzene rings is 2. The predicted molar refractivity (Wildman–Crippen MR) is 113 cm³/mol. The zero-order chi connectivity index (χ0) is 19.1. The molecule has 2 aromatic rings. The first-order valence-corrected chi connectivity index (χ1v) is 9.84. The first-order valence-electron chi connectivity index (χ1n) is 9.46. The van der Waals surface area contributed by atoms with Gasteiger partial charge in [0.15, 0.2) is 5.96 Å². The highest BCUT2D eigenvalue weighted by Crippen LogP contribution is 2.38. The van der Waals surface area contributed by atoms with E-state index in [1.54, 1.807) is 7.05 Å². The van der Waals surface area contributed by atoms with Crippen molar-refractivity contribution in [2.24, 2.45) is 4.99 Å². The van der Waals surface area contributed by atoms with Crippen molar-refractivity contribution in [3.05, 3.63) is 70.2 Å². The van der Waals surface area contributed by atoms with Gasteiger partial charge in [0.2, 0.25) is 0 Å². The lowest BCUT2D eigenvalue weighted by molar-refractivity contribution is 0.0514. The minimum absolute atomic E-state index is 0.0448. The molecule has 0 unspecified atom stereocenters. The number of aryl methyl sites for hydroxylation is 1. The van der Waals surface area contributed by atoms with Gasteiger partial charge in [-0.3, -0.25) is 4.99 Å². The largest absolute Gasteiger partial charge is 0.381 e. The minimum Gasteiger partial charge on any atom is -0.381 e. The average Bonchev–Trinajstić information content (AvgIpc) is 2.70. The molecule has 4 nitrogen and oxygen atoms in total. The zero-order valence-electron chi connectivity index (χ0n) is 16.1. The number of halogens is 1. The highest BCUT2D eigenvalue weighted by molar-refractivity contribution is 6.31. The summed E-state index contributed by atoms with van der Waals surface area (Å²) in [6.07, 6.45) is 1.89. The maximum Gasteiger partial charge on any atom is 0.191 e. The molecule has 1 heterocycles. The molecule has 0 atom stereocenters. The normalized spacial score (nSPS) is 16.8. The van der Waals surface area contributed by atoms with E-state index in [-0.39, 0.29) is 5.41 Å². The predicted octanol–water partition coefficient (Wildman–Crippen LogP) is 4.06. The molecule has 1 fully saturated rings. The smallest absolute Gasteiger partial charge is 0.191 e. The molecule has 1 aliphatic heterocycles. The summed E-state index contributed by atoms with van der Waals surface area (Å²) in [5.41, 5.74) is 3.69. The number of aliphatic imine (C=N–C) groups is 1. The Balaban J connectivity index is 1.69. The second kappa shape index (κ2) is 9.25. The fourth-order valence-corrected chi connectivity index (χ4v) is 3.99. The second-order valence-electron chi connectivity index (χ2n) is 7.08. The van der Waals surface area contributed by atoms with Gasteiger partial charge < -0.3 is 15.4 Å². The van der Waals surface area contributed by atoms with E-state index in [2.05, 4.69) is 58.9 Å². The molecule has 5 heteroatoms. The lowest BCUT2D eigenvalue weighted by Gasteiger charge is -2.38. The topological polar surface area (TPSA) is 45.7 Å². The van der Waals surface area contributed by atoms with Crippen molar-refractivity contribution in [2.45, 2.75) is 31.7 Å². The van der Waals surface area contributed by atoms with Gasteiger partial charge in [0, 0.05) is 43.8 Å². The van der Waals surface area contributed by atoms with Gasteiger partial charge in [-0.25, -0.2) is 0 Å². The fourth-order valence-electron chi connectivity index (χ4n) is 3.66. The van der Waals surface area contributed by atoms with Crippen LogP contribution < -0.4 is 10.6 Å². The molecule has 0 bridgehead atoms. The molecule has 2 aromatic carbocycles. The van der Waals surface area contributed by atoms with Gasteiger partial charge in [-0.15, -0.1) is 0 Å². The highest BCUT2D eigenvalue weighted by atomic mass is 35.5. The molecule has 0 saturated carbocycles. The summed E-state index contributed by atoms with van der Waals surface area (Å²) in [6, 6.07) is 16.5. The van der Waals surface area contributed by atoms with Gasteiger partial charge >= 0.3 is 0 Å². The van der Waals surface area contributed by atoms with E-state index in [9.17, 15) is 0 Å². The molecule has 0 spiro atoms. The van der Waals surface area contributed by atoms with Crippen molar-refractivity contribution < 1.29 is 4.74 Å². The van der Waals surface area contributed by atoms with E-state index in [1.807, 2.05) is 12.1 Å². The fraction of sp³-hybridized carbons (Fsp3) is 0.409. The number of nitrogens with zero attached hydrogens (tertiary/aromatic N) is 1. The molecule has 0 aliphatic carbocycles. The lowest BCUT2D eigenvalue weighted by atomic mass is 9.74. The summed E-state index contributed by atoms with van der Waals surface area (Å²) < 4.78 is 5.62. The first kappa shape index (κ1) is 19.7. The quantitative estimate of drug-likeness (QED) is 0.602. The van der Waals surface area contributed by atoms with Gasteiger partial charge in [0.1, 0.15) is 0 Å². The highest BCUT2D eigenvalue weighted by Gasteiger charge is 2.36. The summed E-state index contributed by atoms with van der Waals surface area (Å²) >= 11 is 6.54. The van der Waals surface area contributed by atoms with Crippen LogP contribution >= 0.6 is 11.6 Å². The molecule has 0 radical (unpaired) electrons. The third kappa shape index (κ3) is 4.82. The molecule has 27 heavy (non-hydrogen) atoms. The van der Waals surface area contributed by atoms with Gasteiger partial charge in [0.25, 0.3) is 0 Å². The van der Waals surface area contributed by atoms with E-state index in [4.69, 9.17) is 16.3 Å². The van der Waals surface area contributed by atoms with Crippen LogP contribution in [0.1, 0.15) is 29.5 Å². The van der Waals surface area contributed by atoms with Crippen LogP contribution in [0.2, 0.25) is 5.02 Å². The number of nitrogens with one attached hydrogen (secondary N) is 2. The van der Waals surface area contributed by atoms with E-state index in [0.717, 1.165) is 50.1 Å². The van der Waals surface area contributed by atoms with Gasteiger partial charge in [0.05, 0.1) is 0 Å². The molecule has 3 rings (SSSR count). The van der Waals surface area contributed by atoms with Crippen LogP contribution in [0.25, 0.3) is 0 Å². The Labute approximate surface area is 167 Å². The van der Waals surface area contributed by atoms with Crippen molar-refractivity contribution in [3.8, 4) is 0 Å². The number of guanidine groups is 1. The Kier molecular flexibility index (Phi) is 6.75. The molecule has 0 amide bonds. The van der Waals surface area contributed by atoms with Crippen LogP contribution in [-0.4, -0.2) is 32.8 Å². The maximum atomic E-state index is 6.54. The molecule has 0 aromatic heterocycles. The van der Waals surface area contributed by atoms with Gasteiger partial charge in [-0.1, -0.05) is 54.1 Å². The van der Waals surface area contributed by atoms with E-state index in [1.165, 1.54) is 16.7 Å². The Morgan fingerprint density at radius 2 is 1.78 bits per heavy atom. The van der Waals surface area contributed by atoms with Crippen molar-refractivity contribution >= 4 is 17.6 Å². The van der Waals surface area contributed by atoms with E-state index < -0.39 is 0 Å². The number of rotatable bonds is 5. The van der Waals surface area contributed by atoms with Crippen molar-refractivity contribution in [3.63, 3.8) is 0 Å². The van der Waals surface area contributed by atoms with Crippen LogP contribution in [0.5, 0.6) is 0 Å². The van der Waals surface area contributed by atoms with Crippen molar-refractivity contribution in [1.82, 2.24) is 10.6 Å². The summed E-state index contributed by atoms with van der Waals surface area (Å²) in [7, 11) is 1.80. The van der Waals surface area contributed by atoms with Crippen LogP contribution in [0, 0.1) is 6.92 Å². The third-order valence-corrected chi connectivity index (χ3v) is 5.75. The number of hydrogen-bond acceptors (Lipinski definition) is 2. The van der Waals surface area contributed by atoms with Crippen LogP contribution in [0.4, 0.5) is 0 Å².